The number of carbonyl (C=O) groups is 2. The number of rotatable bonds is 12. The molecule has 3 aromatic carbocycles. The topological polar surface area (TPSA) is 111 Å². The fraction of sp³-hybridized carbons (Fsp3) is 0.265. The van der Waals surface area contributed by atoms with Gasteiger partial charge in [-0.2, -0.15) is 0 Å². The van der Waals surface area contributed by atoms with Gasteiger partial charge in [-0.15, -0.1) is 0 Å². The molecule has 10 heteroatoms. The predicted octanol–water partition coefficient (Wildman–Crippen LogP) is 7.80. The van der Waals surface area contributed by atoms with E-state index < -0.39 is 23.5 Å². The molecule has 3 heterocycles. The van der Waals surface area contributed by atoms with Crippen LogP contribution in [-0.4, -0.2) is 42.1 Å². The number of furan rings is 1. The monoisotopic (exact) mass is 612 g/mol. The molecule has 1 aliphatic heterocycles. The number of thiazole rings is 1. The van der Waals surface area contributed by atoms with Gasteiger partial charge >= 0.3 is 0 Å². The molecule has 1 aliphatic rings. The highest BCUT2D eigenvalue weighted by Gasteiger charge is 2.47. The number of para-hydroxylation sites is 1. The highest BCUT2D eigenvalue weighted by molar-refractivity contribution is 7.22. The van der Waals surface area contributed by atoms with Gasteiger partial charge in [-0.3, -0.25) is 14.5 Å². The maximum absolute atomic E-state index is 14.1. The molecule has 0 radical (unpaired) electrons. The predicted molar refractivity (Wildman–Crippen MR) is 169 cm³/mol. The number of Topliss-reactive ketones (excluding diaryl/α,β-unsaturated/α-hetero) is 1. The van der Waals surface area contributed by atoms with Crippen molar-refractivity contribution < 1.29 is 33.3 Å². The van der Waals surface area contributed by atoms with Crippen molar-refractivity contribution in [2.24, 2.45) is 0 Å². The molecule has 1 amide bonds. The van der Waals surface area contributed by atoms with Gasteiger partial charge in [-0.05, 0) is 61.4 Å². The summed E-state index contributed by atoms with van der Waals surface area (Å²) in [6.07, 6.45) is 3.02. The number of aliphatic hydroxyl groups excluding tert-OH is 1. The van der Waals surface area contributed by atoms with Crippen molar-refractivity contribution in [1.29, 1.82) is 0 Å². The third-order valence-electron chi connectivity index (χ3n) is 7.48. The van der Waals surface area contributed by atoms with Crippen LogP contribution in [0.25, 0.3) is 21.2 Å². The zero-order chi connectivity index (χ0) is 30.8. The minimum Gasteiger partial charge on any atom is -0.503 e. The number of ketones is 1. The standard InChI is InChI=1S/C34H32N2O7S/c1-4-6-9-16-42-25-15-12-21(18-26(25)40-3)30-29(31(37)27-17-20-10-7-8-11-24(20)43-27)32(38)33(39)36(30)34-35-23-14-13-22(41-5-2)19-28(23)44-34/h7-8,10-15,17-19,30,38H,4-6,9,16H2,1-3H3. The number of ether oxygens (including phenoxy) is 3. The van der Waals surface area contributed by atoms with E-state index in [0.717, 1.165) is 29.3 Å². The largest absolute Gasteiger partial charge is 0.503 e. The average Bonchev–Trinajstić information content (AvgIpc) is 3.73. The smallest absolute Gasteiger partial charge is 0.296 e. The lowest BCUT2D eigenvalue weighted by Gasteiger charge is -2.25. The Morgan fingerprint density at radius 1 is 1.02 bits per heavy atom. The number of benzene rings is 3. The minimum atomic E-state index is -1.02. The van der Waals surface area contributed by atoms with Crippen LogP contribution in [0, 0.1) is 0 Å². The van der Waals surface area contributed by atoms with Crippen LogP contribution in [-0.2, 0) is 4.79 Å². The Kier molecular flexibility index (Phi) is 8.25. The Morgan fingerprint density at radius 3 is 2.64 bits per heavy atom. The van der Waals surface area contributed by atoms with Gasteiger partial charge < -0.3 is 23.7 Å². The lowest BCUT2D eigenvalue weighted by molar-refractivity contribution is -0.117. The van der Waals surface area contributed by atoms with Crippen LogP contribution in [0.3, 0.4) is 0 Å². The number of hydrogen-bond acceptors (Lipinski definition) is 9. The van der Waals surface area contributed by atoms with Gasteiger partial charge in [0.15, 0.2) is 28.1 Å². The Morgan fingerprint density at radius 2 is 1.86 bits per heavy atom. The molecule has 6 rings (SSSR count). The van der Waals surface area contributed by atoms with E-state index in [1.54, 1.807) is 30.3 Å². The van der Waals surface area contributed by atoms with E-state index in [4.69, 9.17) is 23.6 Å². The van der Waals surface area contributed by atoms with Gasteiger partial charge in [0.05, 0.1) is 42.2 Å². The van der Waals surface area contributed by atoms with E-state index in [-0.39, 0.29) is 11.3 Å². The molecule has 226 valence electrons. The molecule has 1 atom stereocenters. The second-order valence-corrected chi connectivity index (χ2v) is 11.4. The van der Waals surface area contributed by atoms with Crippen molar-refractivity contribution in [3.63, 3.8) is 0 Å². The first-order chi connectivity index (χ1) is 21.4. The molecule has 0 saturated heterocycles. The zero-order valence-electron chi connectivity index (χ0n) is 24.7. The molecular formula is C34H32N2O7S. The highest BCUT2D eigenvalue weighted by Crippen LogP contribution is 2.46. The molecule has 0 spiro atoms. The molecule has 0 fully saturated rings. The average molecular weight is 613 g/mol. The van der Waals surface area contributed by atoms with Crippen LogP contribution < -0.4 is 19.1 Å². The van der Waals surface area contributed by atoms with Gasteiger partial charge in [0.2, 0.25) is 5.78 Å². The molecule has 44 heavy (non-hydrogen) atoms. The normalized spacial score (nSPS) is 15.0. The van der Waals surface area contributed by atoms with Gasteiger partial charge in [0.25, 0.3) is 5.91 Å². The molecule has 9 nitrogen and oxygen atoms in total. The number of amides is 1. The van der Waals surface area contributed by atoms with E-state index in [0.29, 0.717) is 52.3 Å². The van der Waals surface area contributed by atoms with Crippen LogP contribution in [0.4, 0.5) is 5.13 Å². The van der Waals surface area contributed by atoms with E-state index in [1.807, 2.05) is 43.3 Å². The van der Waals surface area contributed by atoms with Gasteiger partial charge in [0, 0.05) is 5.39 Å². The van der Waals surface area contributed by atoms with E-state index in [2.05, 4.69) is 6.92 Å². The quantitative estimate of drug-likeness (QED) is 0.112. The maximum Gasteiger partial charge on any atom is 0.296 e. The fourth-order valence-corrected chi connectivity index (χ4v) is 6.36. The van der Waals surface area contributed by atoms with E-state index in [1.165, 1.54) is 23.3 Å². The van der Waals surface area contributed by atoms with Crippen molar-refractivity contribution in [3.8, 4) is 17.2 Å². The van der Waals surface area contributed by atoms with E-state index in [9.17, 15) is 14.7 Å². The number of fused-ring (bicyclic) bond motifs is 2. The number of unbranched alkanes of at least 4 members (excludes halogenated alkanes) is 2. The summed E-state index contributed by atoms with van der Waals surface area (Å²) in [4.78, 5) is 33.9. The summed E-state index contributed by atoms with van der Waals surface area (Å²) in [6.45, 7) is 5.07. The second-order valence-electron chi connectivity index (χ2n) is 10.3. The van der Waals surface area contributed by atoms with Crippen molar-refractivity contribution in [3.05, 3.63) is 89.4 Å². The summed E-state index contributed by atoms with van der Waals surface area (Å²) >= 11 is 1.27. The lowest BCUT2D eigenvalue weighted by Crippen LogP contribution is -2.31. The van der Waals surface area contributed by atoms with Crippen LogP contribution in [0.1, 0.15) is 55.3 Å². The summed E-state index contributed by atoms with van der Waals surface area (Å²) in [5, 5.41) is 12.3. The van der Waals surface area contributed by atoms with Crippen molar-refractivity contribution in [2.75, 3.05) is 25.2 Å². The first-order valence-corrected chi connectivity index (χ1v) is 15.4. The van der Waals surface area contributed by atoms with Crippen LogP contribution in [0.2, 0.25) is 0 Å². The molecule has 2 aromatic heterocycles. The molecular weight excluding hydrogens is 580 g/mol. The van der Waals surface area contributed by atoms with E-state index >= 15 is 0 Å². The molecule has 1 N–H and O–H groups in total. The summed E-state index contributed by atoms with van der Waals surface area (Å²) in [7, 11) is 1.53. The Bertz CT molecular complexity index is 1860. The minimum absolute atomic E-state index is 0.0147. The summed E-state index contributed by atoms with van der Waals surface area (Å²) in [5.74, 6) is -0.311. The maximum atomic E-state index is 14.1. The number of anilines is 1. The Hall–Kier alpha value is -4.83. The third-order valence-corrected chi connectivity index (χ3v) is 8.49. The molecule has 0 saturated carbocycles. The second kappa shape index (κ2) is 12.4. The summed E-state index contributed by atoms with van der Waals surface area (Å²) in [6, 6.07) is 18.6. The van der Waals surface area contributed by atoms with Crippen molar-refractivity contribution in [1.82, 2.24) is 4.98 Å². The Labute approximate surface area is 258 Å². The molecule has 0 bridgehead atoms. The number of hydrogen-bond donors (Lipinski definition) is 1. The molecule has 0 aliphatic carbocycles. The highest BCUT2D eigenvalue weighted by atomic mass is 32.1. The molecule has 5 aromatic rings. The third kappa shape index (κ3) is 5.37. The summed E-state index contributed by atoms with van der Waals surface area (Å²) in [5.41, 5.74) is 1.61. The van der Waals surface area contributed by atoms with Crippen molar-refractivity contribution >= 4 is 49.3 Å². The first kappa shape index (κ1) is 29.3. The number of methoxy groups -OCH3 is 1. The fourth-order valence-electron chi connectivity index (χ4n) is 5.34. The van der Waals surface area contributed by atoms with Crippen LogP contribution in [0.5, 0.6) is 17.2 Å². The molecule has 1 unspecified atom stereocenters. The van der Waals surface area contributed by atoms with Crippen LogP contribution in [0.15, 0.2) is 82.5 Å². The van der Waals surface area contributed by atoms with Crippen LogP contribution >= 0.6 is 11.3 Å². The van der Waals surface area contributed by atoms with Gasteiger partial charge in [-0.1, -0.05) is 55.4 Å². The number of aliphatic hydroxyl groups is 1. The summed E-state index contributed by atoms with van der Waals surface area (Å²) < 4.78 is 24.0. The van der Waals surface area contributed by atoms with Gasteiger partial charge in [0.1, 0.15) is 11.3 Å². The number of aromatic nitrogens is 1. The Balaban J connectivity index is 1.45. The zero-order valence-corrected chi connectivity index (χ0v) is 25.5. The number of nitrogens with zero attached hydrogens (tertiary/aromatic N) is 2. The lowest BCUT2D eigenvalue weighted by atomic mass is 9.95. The van der Waals surface area contributed by atoms with Crippen molar-refractivity contribution in [2.45, 2.75) is 39.2 Å². The SMILES string of the molecule is CCCCCOc1ccc(C2C(C(=O)c3cc4ccccc4o3)=C(O)C(=O)N2c2nc3ccc(OCC)cc3s2)cc1OC. The first-order valence-electron chi connectivity index (χ1n) is 14.6. The van der Waals surface area contributed by atoms with Gasteiger partial charge in [-0.25, -0.2) is 4.98 Å². The number of carbonyl (C=O) groups excluding carboxylic acids is 2.